The third-order valence-electron chi connectivity index (χ3n) is 7.97. The molecule has 3 N–H and O–H groups in total. The molecule has 1 saturated carbocycles. The van der Waals surface area contributed by atoms with Crippen molar-refractivity contribution in [2.24, 2.45) is 5.92 Å². The lowest BCUT2D eigenvalue weighted by atomic mass is 9.84. The number of amides is 2. The molecule has 0 radical (unpaired) electrons. The number of rotatable bonds is 8. The molecule has 2 amide bonds. The molecule has 0 aromatic heterocycles. The zero-order valence-electron chi connectivity index (χ0n) is 21.5. The van der Waals surface area contributed by atoms with Gasteiger partial charge in [-0.15, -0.1) is 0 Å². The van der Waals surface area contributed by atoms with Crippen molar-refractivity contribution in [3.05, 3.63) is 34.6 Å². The summed E-state index contributed by atoms with van der Waals surface area (Å²) in [7, 11) is 0. The van der Waals surface area contributed by atoms with E-state index in [1.54, 1.807) is 12.1 Å². The van der Waals surface area contributed by atoms with Crippen LogP contribution in [0.3, 0.4) is 0 Å². The van der Waals surface area contributed by atoms with E-state index in [1.165, 1.54) is 6.92 Å². The highest BCUT2D eigenvalue weighted by Crippen LogP contribution is 2.38. The number of nitrogens with one attached hydrogen (secondary N) is 3. The standard InChI is InChI=1S/C27H35F4N3O4/c1-15(35)19-9-4-16(25(28)20(19)14-32-22-10-11-24(36)34-26(22)37)13-23-21(3-2-12-38-23)33-18-7-5-17(6-8-18)27(29,30)31/h4,9,17-18,21-23,32-33H,2-3,5-8,10-14H2,1H3,(H,34,36,37)/t17?,18?,21-,22?,23+/m0/s1. The second-order valence-electron chi connectivity index (χ2n) is 10.6. The Hall–Kier alpha value is -2.37. The first kappa shape index (κ1) is 28.6. The summed E-state index contributed by atoms with van der Waals surface area (Å²) in [4.78, 5) is 35.7. The summed E-state index contributed by atoms with van der Waals surface area (Å²) in [6.07, 6.45) is -1.16. The Morgan fingerprint density at radius 1 is 1.11 bits per heavy atom. The number of hydrogen-bond acceptors (Lipinski definition) is 6. The lowest BCUT2D eigenvalue weighted by Crippen LogP contribution is -2.51. The van der Waals surface area contributed by atoms with Gasteiger partial charge >= 0.3 is 6.18 Å². The SMILES string of the molecule is CC(=O)c1ccc(C[C@H]2OCCC[C@@H]2NC2CCC(C(F)(F)F)CC2)c(F)c1CNC1CCC(=O)NC1=O. The van der Waals surface area contributed by atoms with Gasteiger partial charge in [-0.1, -0.05) is 12.1 Å². The molecule has 2 heterocycles. The molecule has 3 aliphatic rings. The zero-order chi connectivity index (χ0) is 27.4. The highest BCUT2D eigenvalue weighted by Gasteiger charge is 2.42. The van der Waals surface area contributed by atoms with Crippen LogP contribution in [0.25, 0.3) is 0 Å². The molecule has 1 aliphatic carbocycles. The zero-order valence-corrected chi connectivity index (χ0v) is 21.5. The third-order valence-corrected chi connectivity index (χ3v) is 7.97. The van der Waals surface area contributed by atoms with E-state index in [9.17, 15) is 27.6 Å². The largest absolute Gasteiger partial charge is 0.391 e. The average molecular weight is 542 g/mol. The maximum Gasteiger partial charge on any atom is 0.391 e. The Morgan fingerprint density at radius 3 is 2.50 bits per heavy atom. The maximum absolute atomic E-state index is 15.8. The number of hydrogen-bond donors (Lipinski definition) is 3. The van der Waals surface area contributed by atoms with Crippen molar-refractivity contribution < 1.29 is 36.7 Å². The quantitative estimate of drug-likeness (QED) is 0.264. The Labute approximate surface area is 219 Å². The van der Waals surface area contributed by atoms with Gasteiger partial charge in [0.1, 0.15) is 5.82 Å². The third kappa shape index (κ3) is 6.98. The summed E-state index contributed by atoms with van der Waals surface area (Å²) >= 11 is 0. The van der Waals surface area contributed by atoms with Crippen molar-refractivity contribution in [1.29, 1.82) is 0 Å². The molecule has 2 aliphatic heterocycles. The van der Waals surface area contributed by atoms with Crippen molar-refractivity contribution in [2.75, 3.05) is 6.61 Å². The van der Waals surface area contributed by atoms with Crippen LogP contribution in [0.15, 0.2) is 12.1 Å². The first-order valence-electron chi connectivity index (χ1n) is 13.4. The number of Topliss-reactive ketones (excluding diaryl/α,β-unsaturated/α-hetero) is 1. The highest BCUT2D eigenvalue weighted by atomic mass is 19.4. The normalized spacial score (nSPS) is 28.7. The molecular weight excluding hydrogens is 506 g/mol. The number of benzene rings is 1. The molecular formula is C27H35F4N3O4. The van der Waals surface area contributed by atoms with Crippen molar-refractivity contribution in [3.8, 4) is 0 Å². The number of carbonyl (C=O) groups is 3. The van der Waals surface area contributed by atoms with Gasteiger partial charge in [0, 0.05) is 49.2 Å². The molecule has 3 fully saturated rings. The second kappa shape index (κ2) is 12.2. The fourth-order valence-electron chi connectivity index (χ4n) is 5.78. The van der Waals surface area contributed by atoms with Crippen LogP contribution in [-0.4, -0.2) is 54.6 Å². The molecule has 7 nitrogen and oxygen atoms in total. The van der Waals surface area contributed by atoms with Crippen LogP contribution in [-0.2, 0) is 27.3 Å². The molecule has 0 bridgehead atoms. The second-order valence-corrected chi connectivity index (χ2v) is 10.6. The van der Waals surface area contributed by atoms with E-state index in [0.29, 0.717) is 25.0 Å². The van der Waals surface area contributed by atoms with Crippen LogP contribution in [0.5, 0.6) is 0 Å². The fraction of sp³-hybridized carbons (Fsp3) is 0.667. The summed E-state index contributed by atoms with van der Waals surface area (Å²) in [6, 6.07) is 2.32. The van der Waals surface area contributed by atoms with Crippen LogP contribution in [0.4, 0.5) is 17.6 Å². The van der Waals surface area contributed by atoms with Crippen molar-refractivity contribution in [1.82, 2.24) is 16.0 Å². The van der Waals surface area contributed by atoms with Gasteiger partial charge < -0.3 is 15.4 Å². The van der Waals surface area contributed by atoms with Crippen LogP contribution in [0.2, 0.25) is 0 Å². The Bertz CT molecular complexity index is 1040. The van der Waals surface area contributed by atoms with Gasteiger partial charge in [0.05, 0.1) is 18.1 Å². The number of ether oxygens (including phenoxy) is 1. The van der Waals surface area contributed by atoms with Gasteiger partial charge in [-0.05, 0) is 57.4 Å². The van der Waals surface area contributed by atoms with E-state index in [-0.39, 0.29) is 79.7 Å². The van der Waals surface area contributed by atoms with Gasteiger partial charge in [0.15, 0.2) is 5.78 Å². The fourth-order valence-corrected chi connectivity index (χ4v) is 5.78. The van der Waals surface area contributed by atoms with Crippen molar-refractivity contribution in [2.45, 2.75) is 102 Å². The van der Waals surface area contributed by atoms with Crippen molar-refractivity contribution in [3.63, 3.8) is 0 Å². The highest BCUT2D eigenvalue weighted by molar-refractivity contribution is 6.00. The Kier molecular flexibility index (Phi) is 9.20. The minimum absolute atomic E-state index is 0.0407. The lowest BCUT2D eigenvalue weighted by molar-refractivity contribution is -0.183. The van der Waals surface area contributed by atoms with E-state index in [0.717, 1.165) is 12.8 Å². The summed E-state index contributed by atoms with van der Waals surface area (Å²) in [5.74, 6) is -2.93. The molecule has 4 rings (SSSR count). The predicted octanol–water partition coefficient (Wildman–Crippen LogP) is 3.72. The van der Waals surface area contributed by atoms with Gasteiger partial charge in [-0.25, -0.2) is 4.39 Å². The first-order chi connectivity index (χ1) is 18.0. The van der Waals surface area contributed by atoms with Crippen LogP contribution in [0.1, 0.15) is 79.8 Å². The maximum atomic E-state index is 15.8. The molecule has 38 heavy (non-hydrogen) atoms. The van der Waals surface area contributed by atoms with Crippen LogP contribution in [0, 0.1) is 11.7 Å². The molecule has 1 unspecified atom stereocenters. The minimum atomic E-state index is -4.16. The summed E-state index contributed by atoms with van der Waals surface area (Å²) in [5.41, 5.74) is 0.742. The lowest BCUT2D eigenvalue weighted by Gasteiger charge is -2.38. The predicted molar refractivity (Wildman–Crippen MR) is 131 cm³/mol. The first-order valence-corrected chi connectivity index (χ1v) is 13.4. The number of halogens is 4. The van der Waals surface area contributed by atoms with E-state index >= 15 is 4.39 Å². The number of piperidine rings is 1. The molecule has 11 heteroatoms. The molecule has 1 aromatic rings. The number of ketones is 1. The van der Waals surface area contributed by atoms with E-state index in [4.69, 9.17) is 4.74 Å². The Balaban J connectivity index is 1.43. The minimum Gasteiger partial charge on any atom is -0.376 e. The molecule has 0 spiro atoms. The smallest absolute Gasteiger partial charge is 0.376 e. The summed E-state index contributed by atoms with van der Waals surface area (Å²) in [6.45, 7) is 1.80. The van der Waals surface area contributed by atoms with Gasteiger partial charge in [-0.2, -0.15) is 13.2 Å². The average Bonchev–Trinajstić information content (AvgIpc) is 2.86. The van der Waals surface area contributed by atoms with Gasteiger partial charge in [0.25, 0.3) is 0 Å². The van der Waals surface area contributed by atoms with Crippen molar-refractivity contribution >= 4 is 17.6 Å². The van der Waals surface area contributed by atoms with Crippen LogP contribution < -0.4 is 16.0 Å². The van der Waals surface area contributed by atoms with E-state index in [2.05, 4.69) is 16.0 Å². The summed E-state index contributed by atoms with van der Waals surface area (Å²) in [5, 5.41) is 8.71. The summed E-state index contributed by atoms with van der Waals surface area (Å²) < 4.78 is 60.9. The number of imide groups is 1. The molecule has 210 valence electrons. The van der Waals surface area contributed by atoms with Gasteiger partial charge in [-0.3, -0.25) is 19.7 Å². The molecule has 3 atom stereocenters. The molecule has 1 aromatic carbocycles. The monoisotopic (exact) mass is 541 g/mol. The topological polar surface area (TPSA) is 96.5 Å². The Morgan fingerprint density at radius 2 is 1.84 bits per heavy atom. The number of alkyl halides is 3. The molecule has 2 saturated heterocycles. The van der Waals surface area contributed by atoms with Crippen LogP contribution >= 0.6 is 0 Å². The van der Waals surface area contributed by atoms with E-state index < -0.39 is 29.9 Å². The van der Waals surface area contributed by atoms with E-state index in [1.807, 2.05) is 0 Å². The van der Waals surface area contributed by atoms with Gasteiger partial charge in [0.2, 0.25) is 11.8 Å². The number of carbonyl (C=O) groups excluding carboxylic acids is 3.